The molecule has 0 radical (unpaired) electrons. The molecule has 24 heavy (non-hydrogen) atoms. The van der Waals surface area contributed by atoms with E-state index in [0.717, 1.165) is 11.0 Å². The Morgan fingerprint density at radius 3 is 3.00 bits per heavy atom. The minimum absolute atomic E-state index is 0.0431. The van der Waals surface area contributed by atoms with Crippen LogP contribution in [0.3, 0.4) is 0 Å². The zero-order valence-corrected chi connectivity index (χ0v) is 12.4. The van der Waals surface area contributed by atoms with Crippen LogP contribution < -0.4 is 10.1 Å². The molecule has 0 aliphatic rings. The SMILES string of the molecule is [3H]C([3H])([3H])Oc1ccc(NC(=O)c2ccn3c(c2)nc2ccccc23)cn1. The van der Waals surface area contributed by atoms with E-state index in [-0.39, 0.29) is 11.8 Å². The lowest BCUT2D eigenvalue weighted by Gasteiger charge is -2.06. The number of ether oxygens (including phenoxy) is 1. The van der Waals surface area contributed by atoms with Crippen LogP contribution in [-0.2, 0) is 0 Å². The first-order chi connectivity index (χ1) is 12.9. The number of fused-ring (bicyclic) bond motifs is 3. The summed E-state index contributed by atoms with van der Waals surface area (Å²) in [5.41, 5.74) is 3.35. The molecule has 1 amide bonds. The molecule has 0 unspecified atom stereocenters. The van der Waals surface area contributed by atoms with Gasteiger partial charge in [-0.25, -0.2) is 9.97 Å². The van der Waals surface area contributed by atoms with Gasteiger partial charge < -0.3 is 10.1 Å². The molecule has 1 aromatic carbocycles. The summed E-state index contributed by atoms with van der Waals surface area (Å²) in [4.78, 5) is 20.9. The Balaban J connectivity index is 1.55. The summed E-state index contributed by atoms with van der Waals surface area (Å²) in [6.07, 6.45) is 3.13. The number of nitrogens with one attached hydrogen (secondary N) is 1. The van der Waals surface area contributed by atoms with Gasteiger partial charge in [0.15, 0.2) is 0 Å². The number of imidazole rings is 1. The zero-order valence-electron chi connectivity index (χ0n) is 15.4. The fourth-order valence-electron chi connectivity index (χ4n) is 2.52. The quantitative estimate of drug-likeness (QED) is 0.628. The molecule has 0 bridgehead atoms. The highest BCUT2D eigenvalue weighted by molar-refractivity contribution is 6.05. The molecule has 6 heteroatoms. The molecular weight excluding hydrogens is 304 g/mol. The molecular formula is C18H14N4O2. The fourth-order valence-corrected chi connectivity index (χ4v) is 2.52. The monoisotopic (exact) mass is 324 g/mol. The second-order valence-electron chi connectivity index (χ2n) is 5.19. The predicted octanol–water partition coefficient (Wildman–Crippen LogP) is 3.14. The zero-order chi connectivity index (χ0) is 19.0. The average Bonchev–Trinajstić information content (AvgIpc) is 3.00. The number of hydrogen-bond donors (Lipinski definition) is 1. The van der Waals surface area contributed by atoms with E-state index in [1.165, 1.54) is 18.3 Å². The van der Waals surface area contributed by atoms with Crippen molar-refractivity contribution in [2.24, 2.45) is 0 Å². The van der Waals surface area contributed by atoms with Crippen molar-refractivity contribution in [3.8, 4) is 5.88 Å². The van der Waals surface area contributed by atoms with Crippen molar-refractivity contribution in [1.82, 2.24) is 14.4 Å². The minimum atomic E-state index is -2.57. The molecule has 0 atom stereocenters. The highest BCUT2D eigenvalue weighted by Crippen LogP contribution is 2.18. The number of para-hydroxylation sites is 2. The van der Waals surface area contributed by atoms with Crippen molar-refractivity contribution in [2.45, 2.75) is 0 Å². The lowest BCUT2D eigenvalue weighted by molar-refractivity contribution is 0.102. The van der Waals surface area contributed by atoms with Crippen LogP contribution in [0.1, 0.15) is 14.5 Å². The Morgan fingerprint density at radius 2 is 2.17 bits per heavy atom. The third kappa shape index (κ3) is 2.44. The van der Waals surface area contributed by atoms with Gasteiger partial charge in [0.25, 0.3) is 5.91 Å². The molecule has 0 saturated heterocycles. The first-order valence-electron chi connectivity index (χ1n) is 8.72. The lowest BCUT2D eigenvalue weighted by Crippen LogP contribution is -2.12. The predicted molar refractivity (Wildman–Crippen MR) is 91.4 cm³/mol. The Morgan fingerprint density at radius 1 is 1.25 bits per heavy atom. The van der Waals surface area contributed by atoms with Crippen LogP contribution in [-0.4, -0.2) is 27.3 Å². The van der Waals surface area contributed by atoms with Crippen molar-refractivity contribution >= 4 is 28.3 Å². The summed E-state index contributed by atoms with van der Waals surface area (Å²) >= 11 is 0. The van der Waals surface area contributed by atoms with Crippen LogP contribution in [0.2, 0.25) is 0 Å². The molecule has 3 heterocycles. The topological polar surface area (TPSA) is 68.5 Å². The summed E-state index contributed by atoms with van der Waals surface area (Å²) < 4.78 is 27.7. The van der Waals surface area contributed by atoms with Gasteiger partial charge in [-0.2, -0.15) is 0 Å². The smallest absolute Gasteiger partial charge is 0.255 e. The molecule has 3 aromatic heterocycles. The van der Waals surface area contributed by atoms with Crippen LogP contribution in [0.25, 0.3) is 16.7 Å². The van der Waals surface area contributed by atoms with Crippen molar-refractivity contribution in [3.05, 3.63) is 66.5 Å². The first kappa shape index (κ1) is 11.2. The number of amides is 1. The number of hydrogen-bond acceptors (Lipinski definition) is 4. The van der Waals surface area contributed by atoms with Gasteiger partial charge in [-0.05, 0) is 30.3 Å². The Hall–Kier alpha value is -3.41. The number of aromatic nitrogens is 3. The number of benzene rings is 1. The molecule has 6 nitrogen and oxygen atoms in total. The van der Waals surface area contributed by atoms with E-state index in [0.29, 0.717) is 16.9 Å². The standard InChI is InChI=1S/C18H14N4O2/c1-24-17-7-6-13(11-19-17)20-18(23)12-8-9-22-15-5-3-2-4-14(15)21-16(22)10-12/h2-11H,1H3,(H,20,23)/i1T3. The van der Waals surface area contributed by atoms with Crippen molar-refractivity contribution in [2.75, 3.05) is 12.4 Å². The first-order valence-corrected chi connectivity index (χ1v) is 7.22. The number of carbonyl (C=O) groups excluding carboxylic acids is 1. The van der Waals surface area contributed by atoms with Gasteiger partial charge in [-0.15, -0.1) is 0 Å². The molecule has 0 fully saturated rings. The van der Waals surface area contributed by atoms with Gasteiger partial charge in [-0.3, -0.25) is 9.20 Å². The van der Waals surface area contributed by atoms with Crippen LogP contribution in [0, 0.1) is 0 Å². The number of anilines is 1. The largest absolute Gasteiger partial charge is 0.481 e. The van der Waals surface area contributed by atoms with E-state index in [2.05, 4.69) is 20.0 Å². The van der Waals surface area contributed by atoms with Crippen LogP contribution in [0.5, 0.6) is 5.88 Å². The van der Waals surface area contributed by atoms with Crippen LogP contribution in [0.15, 0.2) is 60.9 Å². The summed E-state index contributed by atoms with van der Waals surface area (Å²) in [5, 5.41) is 2.71. The second kappa shape index (κ2) is 5.66. The van der Waals surface area contributed by atoms with Gasteiger partial charge in [0, 0.05) is 17.8 Å². The number of nitrogens with zero attached hydrogens (tertiary/aromatic N) is 3. The Bertz CT molecular complexity index is 1140. The van der Waals surface area contributed by atoms with Crippen molar-refractivity contribution in [1.29, 1.82) is 0 Å². The molecule has 0 spiro atoms. The molecule has 4 rings (SSSR count). The number of pyridine rings is 2. The highest BCUT2D eigenvalue weighted by Gasteiger charge is 2.10. The molecule has 4 aromatic rings. The fraction of sp³-hybridized carbons (Fsp3) is 0.0556. The Kier molecular flexibility index (Phi) is 2.63. The van der Waals surface area contributed by atoms with E-state index >= 15 is 0 Å². The van der Waals surface area contributed by atoms with E-state index in [4.69, 9.17) is 4.11 Å². The normalized spacial score (nSPS) is 13.2. The maximum absolute atomic E-state index is 12.5. The van der Waals surface area contributed by atoms with E-state index in [1.54, 1.807) is 18.3 Å². The van der Waals surface area contributed by atoms with Crippen LogP contribution >= 0.6 is 0 Å². The third-order valence-electron chi connectivity index (χ3n) is 3.67. The lowest BCUT2D eigenvalue weighted by atomic mass is 10.2. The Labute approximate surface area is 141 Å². The van der Waals surface area contributed by atoms with Gasteiger partial charge in [0.2, 0.25) is 5.88 Å². The minimum Gasteiger partial charge on any atom is -0.481 e. The van der Waals surface area contributed by atoms with Gasteiger partial charge in [0.05, 0.1) is 34.1 Å². The van der Waals surface area contributed by atoms with E-state index < -0.39 is 7.04 Å². The van der Waals surface area contributed by atoms with Crippen LogP contribution in [0.4, 0.5) is 5.69 Å². The maximum Gasteiger partial charge on any atom is 0.255 e. The molecule has 0 aliphatic heterocycles. The average molecular weight is 324 g/mol. The number of rotatable bonds is 3. The summed E-state index contributed by atoms with van der Waals surface area (Å²) in [6, 6.07) is 14.0. The summed E-state index contributed by atoms with van der Waals surface area (Å²) in [5.74, 6) is -0.366. The summed E-state index contributed by atoms with van der Waals surface area (Å²) in [6.45, 7) is 0. The second-order valence-corrected chi connectivity index (χ2v) is 5.19. The van der Waals surface area contributed by atoms with E-state index in [9.17, 15) is 4.79 Å². The maximum atomic E-state index is 12.5. The van der Waals surface area contributed by atoms with Gasteiger partial charge >= 0.3 is 0 Å². The molecule has 0 saturated carbocycles. The molecule has 118 valence electrons. The molecule has 0 aliphatic carbocycles. The van der Waals surface area contributed by atoms with Crippen molar-refractivity contribution < 1.29 is 13.6 Å². The number of methoxy groups -OCH3 is 1. The van der Waals surface area contributed by atoms with E-state index in [1.807, 2.05) is 28.7 Å². The van der Waals surface area contributed by atoms with Gasteiger partial charge in [-0.1, -0.05) is 12.1 Å². The molecule has 1 N–H and O–H groups in total. The summed E-state index contributed by atoms with van der Waals surface area (Å²) in [7, 11) is -2.57. The van der Waals surface area contributed by atoms with Gasteiger partial charge in [0.1, 0.15) is 5.65 Å². The third-order valence-corrected chi connectivity index (χ3v) is 3.67. The number of carbonyl (C=O) groups is 1. The highest BCUT2D eigenvalue weighted by atomic mass is 16.5. The van der Waals surface area contributed by atoms with Crippen molar-refractivity contribution in [3.63, 3.8) is 0 Å².